The third-order valence-electron chi connectivity index (χ3n) is 2.77. The number of hydrogen-bond donors (Lipinski definition) is 1. The van der Waals surface area contributed by atoms with Crippen LogP contribution in [-0.2, 0) is 17.3 Å². The molecule has 1 aromatic carbocycles. The number of halogens is 3. The van der Waals surface area contributed by atoms with Crippen LogP contribution in [0.1, 0.15) is 17.5 Å². The number of nitrogens with one attached hydrogen (secondary N) is 1. The number of allylic oxidation sites excluding steroid dienone is 1. The van der Waals surface area contributed by atoms with Crippen LogP contribution in [0.5, 0.6) is 0 Å². The minimum Gasteiger partial charge on any atom is -0.383 e. The van der Waals surface area contributed by atoms with Crippen molar-refractivity contribution < 1.29 is 17.9 Å². The van der Waals surface area contributed by atoms with Gasteiger partial charge in [-0.1, -0.05) is 24.3 Å². The van der Waals surface area contributed by atoms with E-state index in [1.54, 1.807) is 7.11 Å². The minimum absolute atomic E-state index is 0.604. The second kappa shape index (κ2) is 8.76. The van der Waals surface area contributed by atoms with Crippen LogP contribution in [0.4, 0.5) is 13.2 Å². The number of benzene rings is 1. The topological polar surface area (TPSA) is 21.3 Å². The molecule has 1 aromatic rings. The van der Waals surface area contributed by atoms with Gasteiger partial charge in [0.15, 0.2) is 0 Å². The molecular formula is C15H20F3NO. The van der Waals surface area contributed by atoms with Crippen LogP contribution in [0.15, 0.2) is 36.4 Å². The van der Waals surface area contributed by atoms with Crippen LogP contribution in [0.25, 0.3) is 0 Å². The van der Waals surface area contributed by atoms with Gasteiger partial charge in [0.25, 0.3) is 0 Å². The summed E-state index contributed by atoms with van der Waals surface area (Å²) < 4.78 is 42.0. The van der Waals surface area contributed by atoms with Gasteiger partial charge in [0.05, 0.1) is 12.2 Å². The van der Waals surface area contributed by atoms with Crippen molar-refractivity contribution in [3.05, 3.63) is 47.5 Å². The van der Waals surface area contributed by atoms with Gasteiger partial charge in [-0.15, -0.1) is 0 Å². The summed E-state index contributed by atoms with van der Waals surface area (Å²) in [6.07, 6.45) is 1.28. The van der Waals surface area contributed by atoms with Crippen LogP contribution in [0.2, 0.25) is 0 Å². The lowest BCUT2D eigenvalue weighted by Gasteiger charge is -2.06. The summed E-state index contributed by atoms with van der Waals surface area (Å²) >= 11 is 0. The molecule has 0 radical (unpaired) electrons. The van der Waals surface area contributed by atoms with E-state index in [-0.39, 0.29) is 0 Å². The first-order valence-corrected chi connectivity index (χ1v) is 6.55. The molecule has 112 valence electrons. The van der Waals surface area contributed by atoms with E-state index in [1.807, 2.05) is 12.2 Å². The summed E-state index contributed by atoms with van der Waals surface area (Å²) in [5.41, 5.74) is 0.272. The Morgan fingerprint density at radius 1 is 1.10 bits per heavy atom. The Bertz CT molecular complexity index is 399. The zero-order valence-electron chi connectivity index (χ0n) is 11.5. The average molecular weight is 287 g/mol. The van der Waals surface area contributed by atoms with E-state index in [1.165, 1.54) is 12.1 Å². The van der Waals surface area contributed by atoms with Crippen LogP contribution >= 0.6 is 0 Å². The van der Waals surface area contributed by atoms with Gasteiger partial charge in [-0.3, -0.25) is 0 Å². The van der Waals surface area contributed by atoms with Crippen LogP contribution in [0, 0.1) is 0 Å². The van der Waals surface area contributed by atoms with Gasteiger partial charge in [-0.2, -0.15) is 13.2 Å². The van der Waals surface area contributed by atoms with E-state index in [0.29, 0.717) is 13.0 Å². The smallest absolute Gasteiger partial charge is 0.383 e. The van der Waals surface area contributed by atoms with Crippen molar-refractivity contribution in [1.29, 1.82) is 0 Å². The Hall–Kier alpha value is -1.33. The quantitative estimate of drug-likeness (QED) is 0.584. The third kappa shape index (κ3) is 6.73. The lowest BCUT2D eigenvalue weighted by Crippen LogP contribution is -2.19. The molecule has 0 fully saturated rings. The highest BCUT2D eigenvalue weighted by Gasteiger charge is 2.29. The molecule has 0 amide bonds. The Labute approximate surface area is 117 Å². The monoisotopic (exact) mass is 287 g/mol. The normalized spacial score (nSPS) is 12.2. The van der Waals surface area contributed by atoms with E-state index >= 15 is 0 Å². The molecule has 5 heteroatoms. The van der Waals surface area contributed by atoms with Gasteiger partial charge in [-0.05, 0) is 37.1 Å². The molecular weight excluding hydrogens is 267 g/mol. The summed E-state index contributed by atoms with van der Waals surface area (Å²) in [5, 5.41) is 3.21. The summed E-state index contributed by atoms with van der Waals surface area (Å²) in [6.45, 7) is 2.38. The molecule has 0 atom stereocenters. The number of rotatable bonds is 8. The molecule has 1 rings (SSSR count). The molecule has 0 spiro atoms. The number of alkyl halides is 3. The van der Waals surface area contributed by atoms with Gasteiger partial charge in [0, 0.05) is 13.7 Å². The molecule has 2 nitrogen and oxygen atoms in total. The predicted molar refractivity (Wildman–Crippen MR) is 73.7 cm³/mol. The highest BCUT2D eigenvalue weighted by molar-refractivity contribution is 5.25. The van der Waals surface area contributed by atoms with Crippen LogP contribution in [-0.4, -0.2) is 26.8 Å². The van der Waals surface area contributed by atoms with Crippen molar-refractivity contribution in [3.8, 4) is 0 Å². The van der Waals surface area contributed by atoms with E-state index in [2.05, 4.69) is 5.32 Å². The minimum atomic E-state index is -4.26. The largest absolute Gasteiger partial charge is 0.416 e. The number of hydrogen-bond acceptors (Lipinski definition) is 2. The van der Waals surface area contributed by atoms with E-state index in [9.17, 15) is 13.2 Å². The van der Waals surface area contributed by atoms with Crippen molar-refractivity contribution in [2.45, 2.75) is 19.0 Å². The Balaban J connectivity index is 2.25. The first-order chi connectivity index (χ1) is 9.54. The standard InChI is InChI=1S/C15H20F3NO/c1-20-12-11-19-10-4-2-3-5-13-6-8-14(9-7-13)15(16,17)18/h2-3,6-9,19H,4-5,10-12H2,1H3. The fraction of sp³-hybridized carbons (Fsp3) is 0.467. The van der Waals surface area contributed by atoms with Gasteiger partial charge in [-0.25, -0.2) is 0 Å². The molecule has 0 aliphatic heterocycles. The van der Waals surface area contributed by atoms with Crippen molar-refractivity contribution in [2.24, 2.45) is 0 Å². The Morgan fingerprint density at radius 2 is 1.80 bits per heavy atom. The number of ether oxygens (including phenoxy) is 1. The maximum atomic E-state index is 12.4. The van der Waals surface area contributed by atoms with Gasteiger partial charge < -0.3 is 10.1 Å². The summed E-state index contributed by atoms with van der Waals surface area (Å²) in [6, 6.07) is 5.28. The van der Waals surface area contributed by atoms with E-state index in [4.69, 9.17) is 4.74 Å². The van der Waals surface area contributed by atoms with E-state index < -0.39 is 11.7 Å². The highest BCUT2D eigenvalue weighted by Crippen LogP contribution is 2.29. The van der Waals surface area contributed by atoms with Crippen LogP contribution < -0.4 is 5.32 Å². The first-order valence-electron chi connectivity index (χ1n) is 6.55. The number of methoxy groups -OCH3 is 1. The molecule has 20 heavy (non-hydrogen) atoms. The summed E-state index contributed by atoms with van der Waals surface area (Å²) in [7, 11) is 1.66. The van der Waals surface area contributed by atoms with Crippen molar-refractivity contribution >= 4 is 0 Å². The molecule has 0 heterocycles. The molecule has 0 saturated carbocycles. The molecule has 1 N–H and O–H groups in total. The van der Waals surface area contributed by atoms with Gasteiger partial charge >= 0.3 is 6.18 Å². The summed E-state index contributed by atoms with van der Waals surface area (Å²) in [4.78, 5) is 0. The second-order valence-electron chi connectivity index (χ2n) is 4.40. The van der Waals surface area contributed by atoms with Gasteiger partial charge in [0.1, 0.15) is 0 Å². The lowest BCUT2D eigenvalue weighted by molar-refractivity contribution is -0.137. The maximum Gasteiger partial charge on any atom is 0.416 e. The summed E-state index contributed by atoms with van der Waals surface area (Å²) in [5.74, 6) is 0. The highest BCUT2D eigenvalue weighted by atomic mass is 19.4. The first kappa shape index (κ1) is 16.7. The Morgan fingerprint density at radius 3 is 2.40 bits per heavy atom. The predicted octanol–water partition coefficient (Wildman–Crippen LogP) is 3.43. The second-order valence-corrected chi connectivity index (χ2v) is 4.40. The molecule has 0 saturated heterocycles. The molecule has 0 aliphatic rings. The zero-order valence-corrected chi connectivity index (χ0v) is 11.5. The molecule has 0 aromatic heterocycles. The molecule has 0 unspecified atom stereocenters. The molecule has 0 aliphatic carbocycles. The van der Waals surface area contributed by atoms with Crippen LogP contribution in [0.3, 0.4) is 0 Å². The fourth-order valence-electron chi connectivity index (χ4n) is 1.65. The van der Waals surface area contributed by atoms with Gasteiger partial charge in [0.2, 0.25) is 0 Å². The van der Waals surface area contributed by atoms with E-state index in [0.717, 1.165) is 37.2 Å². The third-order valence-corrected chi connectivity index (χ3v) is 2.77. The SMILES string of the molecule is COCCNCCC=CCc1ccc(C(F)(F)F)cc1. The Kier molecular flexibility index (Phi) is 7.33. The van der Waals surface area contributed by atoms with Crippen molar-refractivity contribution in [2.75, 3.05) is 26.8 Å². The fourth-order valence-corrected chi connectivity index (χ4v) is 1.65. The lowest BCUT2D eigenvalue weighted by atomic mass is 10.1. The van der Waals surface area contributed by atoms with Crippen molar-refractivity contribution in [3.63, 3.8) is 0 Å². The molecule has 0 bridgehead atoms. The maximum absolute atomic E-state index is 12.4. The average Bonchev–Trinajstić information content (AvgIpc) is 2.41. The zero-order chi connectivity index (χ0) is 14.8. The van der Waals surface area contributed by atoms with Crippen molar-refractivity contribution in [1.82, 2.24) is 5.32 Å².